The SMILES string of the molecule is COc1c(F)ccc2c1C(C)(C)CC(O)C2NC(=O)c1cnn(-c2ccnc(F)c2)c1N. The van der Waals surface area contributed by atoms with Gasteiger partial charge in [-0.1, -0.05) is 19.9 Å². The summed E-state index contributed by atoms with van der Waals surface area (Å²) >= 11 is 0. The molecule has 3 aromatic rings. The molecule has 1 aliphatic carbocycles. The van der Waals surface area contributed by atoms with Crippen molar-refractivity contribution in [1.82, 2.24) is 20.1 Å². The quantitative estimate of drug-likeness (QED) is 0.534. The molecule has 0 saturated carbocycles. The first-order valence-electron chi connectivity index (χ1n) is 9.95. The van der Waals surface area contributed by atoms with Gasteiger partial charge in [0, 0.05) is 17.8 Å². The van der Waals surface area contributed by atoms with Crippen LogP contribution >= 0.6 is 0 Å². The maximum Gasteiger partial charge on any atom is 0.257 e. The first-order valence-corrected chi connectivity index (χ1v) is 9.95. The lowest BCUT2D eigenvalue weighted by Crippen LogP contribution is -2.44. The van der Waals surface area contributed by atoms with Gasteiger partial charge in [0.2, 0.25) is 5.95 Å². The molecule has 0 spiro atoms. The number of halogens is 2. The molecule has 4 rings (SSSR count). The highest BCUT2D eigenvalue weighted by Crippen LogP contribution is 2.47. The molecule has 2 atom stereocenters. The van der Waals surface area contributed by atoms with Crippen molar-refractivity contribution >= 4 is 11.7 Å². The van der Waals surface area contributed by atoms with E-state index in [4.69, 9.17) is 10.5 Å². The summed E-state index contributed by atoms with van der Waals surface area (Å²) < 4.78 is 34.4. The number of nitrogens with two attached hydrogens (primary N) is 1. The number of amides is 1. The van der Waals surface area contributed by atoms with Crippen molar-refractivity contribution in [3.05, 3.63) is 65.1 Å². The van der Waals surface area contributed by atoms with Gasteiger partial charge in [0.05, 0.1) is 31.1 Å². The van der Waals surface area contributed by atoms with Crippen molar-refractivity contribution in [2.75, 3.05) is 12.8 Å². The Morgan fingerprint density at radius 1 is 1.34 bits per heavy atom. The molecule has 4 N–H and O–H groups in total. The highest BCUT2D eigenvalue weighted by Gasteiger charge is 2.42. The Hall–Kier alpha value is -3.53. The summed E-state index contributed by atoms with van der Waals surface area (Å²) in [6, 6.07) is 4.60. The number of nitrogen functional groups attached to an aromatic ring is 1. The summed E-state index contributed by atoms with van der Waals surface area (Å²) in [6.45, 7) is 3.76. The fourth-order valence-electron chi connectivity index (χ4n) is 4.33. The van der Waals surface area contributed by atoms with Gasteiger partial charge in [-0.3, -0.25) is 4.79 Å². The fraction of sp³-hybridized carbons (Fsp3) is 0.318. The maximum atomic E-state index is 14.4. The maximum absolute atomic E-state index is 14.4. The highest BCUT2D eigenvalue weighted by molar-refractivity contribution is 5.98. The van der Waals surface area contributed by atoms with E-state index in [-0.39, 0.29) is 23.6 Å². The molecule has 0 fully saturated rings. The molecule has 0 saturated heterocycles. The second-order valence-electron chi connectivity index (χ2n) is 8.34. The van der Waals surface area contributed by atoms with Crippen LogP contribution in [0, 0.1) is 11.8 Å². The third kappa shape index (κ3) is 3.56. The van der Waals surface area contributed by atoms with E-state index in [9.17, 15) is 18.7 Å². The van der Waals surface area contributed by atoms with E-state index in [1.807, 2.05) is 13.8 Å². The number of ether oxygens (including phenoxy) is 1. The molecule has 32 heavy (non-hydrogen) atoms. The van der Waals surface area contributed by atoms with Crippen LogP contribution in [0.1, 0.15) is 47.8 Å². The number of hydrogen-bond acceptors (Lipinski definition) is 6. The summed E-state index contributed by atoms with van der Waals surface area (Å²) in [5, 5.41) is 17.7. The van der Waals surface area contributed by atoms with Crippen LogP contribution < -0.4 is 15.8 Å². The van der Waals surface area contributed by atoms with E-state index < -0.39 is 35.2 Å². The van der Waals surface area contributed by atoms with E-state index in [0.29, 0.717) is 16.8 Å². The molecule has 0 bridgehead atoms. The molecular formula is C22H23F2N5O3. The topological polar surface area (TPSA) is 115 Å². The Labute approximate surface area is 183 Å². The van der Waals surface area contributed by atoms with Crippen molar-refractivity contribution in [2.45, 2.75) is 37.8 Å². The number of aromatic nitrogens is 3. The third-order valence-electron chi connectivity index (χ3n) is 5.75. The molecule has 2 aromatic heterocycles. The van der Waals surface area contributed by atoms with Gasteiger partial charge in [-0.15, -0.1) is 0 Å². The second kappa shape index (κ2) is 7.86. The number of carbonyl (C=O) groups excluding carboxylic acids is 1. The van der Waals surface area contributed by atoms with Crippen LogP contribution in [0.3, 0.4) is 0 Å². The molecule has 0 radical (unpaired) electrons. The number of benzene rings is 1. The van der Waals surface area contributed by atoms with Crippen molar-refractivity contribution in [3.8, 4) is 11.4 Å². The third-order valence-corrected chi connectivity index (χ3v) is 5.75. The summed E-state index contributed by atoms with van der Waals surface area (Å²) in [4.78, 5) is 16.5. The van der Waals surface area contributed by atoms with Crippen LogP contribution in [-0.4, -0.2) is 39.0 Å². The largest absolute Gasteiger partial charge is 0.493 e. The smallest absolute Gasteiger partial charge is 0.257 e. The normalized spacial score (nSPS) is 19.3. The van der Waals surface area contributed by atoms with Crippen molar-refractivity contribution < 1.29 is 23.4 Å². The van der Waals surface area contributed by atoms with Crippen molar-refractivity contribution in [3.63, 3.8) is 0 Å². The molecular weight excluding hydrogens is 420 g/mol. The molecule has 8 nitrogen and oxygen atoms in total. The summed E-state index contributed by atoms with van der Waals surface area (Å²) in [6.07, 6.45) is 1.86. The zero-order valence-corrected chi connectivity index (χ0v) is 17.8. The van der Waals surface area contributed by atoms with E-state index in [1.54, 1.807) is 0 Å². The van der Waals surface area contributed by atoms with Crippen LogP contribution in [-0.2, 0) is 5.41 Å². The van der Waals surface area contributed by atoms with Gasteiger partial charge in [-0.2, -0.15) is 9.49 Å². The average Bonchev–Trinajstić information content (AvgIpc) is 3.12. The van der Waals surface area contributed by atoms with Gasteiger partial charge >= 0.3 is 0 Å². The van der Waals surface area contributed by atoms with Crippen molar-refractivity contribution in [1.29, 1.82) is 0 Å². The summed E-state index contributed by atoms with van der Waals surface area (Å²) in [5.41, 5.74) is 7.01. The Morgan fingerprint density at radius 3 is 2.78 bits per heavy atom. The number of rotatable bonds is 4. The van der Waals surface area contributed by atoms with Gasteiger partial charge in [0.25, 0.3) is 5.91 Å². The first-order chi connectivity index (χ1) is 15.1. The molecule has 1 amide bonds. The van der Waals surface area contributed by atoms with Gasteiger partial charge in [0.15, 0.2) is 11.6 Å². The zero-order valence-electron chi connectivity index (χ0n) is 17.8. The molecule has 1 aromatic carbocycles. The number of pyridine rings is 1. The highest BCUT2D eigenvalue weighted by atomic mass is 19.1. The van der Waals surface area contributed by atoms with Gasteiger partial charge in [-0.05, 0) is 29.5 Å². The van der Waals surface area contributed by atoms with Crippen LogP contribution in [0.5, 0.6) is 5.75 Å². The average molecular weight is 443 g/mol. The number of nitrogens with zero attached hydrogens (tertiary/aromatic N) is 3. The molecule has 0 aliphatic heterocycles. The van der Waals surface area contributed by atoms with Crippen LogP contribution in [0.2, 0.25) is 0 Å². The van der Waals surface area contributed by atoms with Gasteiger partial charge in [-0.25, -0.2) is 14.1 Å². The predicted molar refractivity (Wildman–Crippen MR) is 113 cm³/mol. The number of methoxy groups -OCH3 is 1. The molecule has 168 valence electrons. The van der Waals surface area contributed by atoms with Gasteiger partial charge in [0.1, 0.15) is 11.4 Å². The van der Waals surface area contributed by atoms with E-state index in [0.717, 1.165) is 6.07 Å². The van der Waals surface area contributed by atoms with E-state index in [2.05, 4.69) is 15.4 Å². The van der Waals surface area contributed by atoms with Crippen LogP contribution in [0.15, 0.2) is 36.7 Å². The van der Waals surface area contributed by atoms with Crippen LogP contribution in [0.4, 0.5) is 14.6 Å². The minimum Gasteiger partial charge on any atom is -0.493 e. The molecule has 2 unspecified atom stereocenters. The fourth-order valence-corrected chi connectivity index (χ4v) is 4.33. The Morgan fingerprint density at radius 2 is 2.09 bits per heavy atom. The number of fused-ring (bicyclic) bond motifs is 1. The predicted octanol–water partition coefficient (Wildman–Crippen LogP) is 2.65. The van der Waals surface area contributed by atoms with Crippen LogP contribution in [0.25, 0.3) is 5.69 Å². The minimum atomic E-state index is -0.929. The summed E-state index contributed by atoms with van der Waals surface area (Å²) in [5.74, 6) is -1.73. The van der Waals surface area contributed by atoms with E-state index >= 15 is 0 Å². The number of hydrogen-bond donors (Lipinski definition) is 3. The lowest BCUT2D eigenvalue weighted by molar-refractivity contribution is 0.0682. The summed E-state index contributed by atoms with van der Waals surface area (Å²) in [7, 11) is 1.38. The zero-order chi connectivity index (χ0) is 23.2. The number of aliphatic hydroxyl groups is 1. The number of anilines is 1. The van der Waals surface area contributed by atoms with Crippen molar-refractivity contribution in [2.24, 2.45) is 0 Å². The molecule has 1 aliphatic rings. The lowest BCUT2D eigenvalue weighted by atomic mass is 9.69. The Bertz CT molecular complexity index is 1190. The standard InChI is InChI=1S/C22H23F2N5O3/c1-22(2)9-15(30)18(12-4-5-14(23)19(32-3)17(12)22)28-21(31)13-10-27-29(20(13)25)11-6-7-26-16(24)8-11/h4-8,10,15,18,30H,9,25H2,1-3H3,(H,28,31). The molecule has 10 heteroatoms. The monoisotopic (exact) mass is 443 g/mol. The first kappa shape index (κ1) is 21.7. The van der Waals surface area contributed by atoms with E-state index in [1.165, 1.54) is 42.4 Å². The van der Waals surface area contributed by atoms with Gasteiger partial charge < -0.3 is 20.9 Å². The Balaban J connectivity index is 1.69. The second-order valence-corrected chi connectivity index (χ2v) is 8.34. The number of carbonyl (C=O) groups is 1. The Kier molecular flexibility index (Phi) is 5.33. The number of nitrogens with one attached hydrogen (secondary N) is 1. The molecule has 2 heterocycles. The lowest BCUT2D eigenvalue weighted by Gasteiger charge is -2.41. The minimum absolute atomic E-state index is 0.00404. The number of aliphatic hydroxyl groups excluding tert-OH is 1.